The lowest BCUT2D eigenvalue weighted by atomic mass is 9.97. The van der Waals surface area contributed by atoms with Gasteiger partial charge in [-0.2, -0.15) is 0 Å². The zero-order chi connectivity index (χ0) is 14.7. The van der Waals surface area contributed by atoms with Crippen LogP contribution in [0.15, 0.2) is 18.3 Å². The van der Waals surface area contributed by atoms with E-state index in [1.54, 1.807) is 0 Å². The van der Waals surface area contributed by atoms with E-state index in [-0.39, 0.29) is 5.82 Å². The zero-order valence-electron chi connectivity index (χ0n) is 12.9. The summed E-state index contributed by atoms with van der Waals surface area (Å²) >= 11 is 0. The summed E-state index contributed by atoms with van der Waals surface area (Å²) in [7, 11) is 0. The van der Waals surface area contributed by atoms with Gasteiger partial charge in [-0.25, -0.2) is 4.39 Å². The first-order chi connectivity index (χ1) is 10.3. The van der Waals surface area contributed by atoms with Gasteiger partial charge < -0.3 is 5.32 Å². The van der Waals surface area contributed by atoms with Crippen LogP contribution in [-0.2, 0) is 0 Å². The van der Waals surface area contributed by atoms with Crippen molar-refractivity contribution in [2.45, 2.75) is 51.1 Å². The van der Waals surface area contributed by atoms with E-state index in [1.807, 2.05) is 6.07 Å². The van der Waals surface area contributed by atoms with E-state index < -0.39 is 0 Å². The number of nitrogens with zero attached hydrogens (tertiary/aromatic N) is 2. The molecule has 1 aliphatic heterocycles. The summed E-state index contributed by atoms with van der Waals surface area (Å²) in [5.41, 5.74) is 1.02. The van der Waals surface area contributed by atoms with Gasteiger partial charge in [-0.15, -0.1) is 0 Å². The summed E-state index contributed by atoms with van der Waals surface area (Å²) in [5, 5.41) is 3.51. The van der Waals surface area contributed by atoms with E-state index in [0.717, 1.165) is 37.7 Å². The summed E-state index contributed by atoms with van der Waals surface area (Å²) in [5.74, 6) is 0.497. The highest BCUT2D eigenvalue weighted by Gasteiger charge is 2.35. The predicted octanol–water partition coefficient (Wildman–Crippen LogP) is 3.14. The topological polar surface area (TPSA) is 28.2 Å². The number of halogens is 1. The molecule has 0 amide bonds. The van der Waals surface area contributed by atoms with E-state index in [9.17, 15) is 4.39 Å². The van der Waals surface area contributed by atoms with Gasteiger partial charge in [-0.1, -0.05) is 6.92 Å². The molecule has 0 bridgehead atoms. The molecule has 1 aliphatic carbocycles. The first-order valence-corrected chi connectivity index (χ1v) is 8.36. The molecule has 4 heteroatoms. The second-order valence-corrected chi connectivity index (χ2v) is 6.47. The molecular formula is C17H26FN3. The van der Waals surface area contributed by atoms with Gasteiger partial charge in [-0.3, -0.25) is 9.88 Å². The zero-order valence-corrected chi connectivity index (χ0v) is 12.9. The van der Waals surface area contributed by atoms with Crippen molar-refractivity contribution >= 4 is 0 Å². The van der Waals surface area contributed by atoms with Gasteiger partial charge in [0.05, 0.1) is 17.9 Å². The molecule has 1 aromatic heterocycles. The van der Waals surface area contributed by atoms with Crippen LogP contribution in [0.5, 0.6) is 0 Å². The maximum Gasteiger partial charge on any atom is 0.141 e. The minimum Gasteiger partial charge on any atom is -0.316 e. The Bertz CT molecular complexity index is 438. The fraction of sp³-hybridized carbons (Fsp3) is 0.706. The molecule has 1 aromatic rings. The first kappa shape index (κ1) is 14.9. The Labute approximate surface area is 126 Å². The molecule has 2 heterocycles. The summed E-state index contributed by atoms with van der Waals surface area (Å²) < 4.78 is 13.1. The lowest BCUT2D eigenvalue weighted by Crippen LogP contribution is -2.41. The van der Waals surface area contributed by atoms with Crippen LogP contribution in [0.2, 0.25) is 0 Å². The second kappa shape index (κ2) is 6.84. The average Bonchev–Trinajstić information content (AvgIpc) is 3.34. The molecular weight excluding hydrogens is 265 g/mol. The Morgan fingerprint density at radius 3 is 2.81 bits per heavy atom. The highest BCUT2D eigenvalue weighted by Crippen LogP contribution is 2.36. The van der Waals surface area contributed by atoms with Crippen LogP contribution >= 0.6 is 0 Å². The van der Waals surface area contributed by atoms with Gasteiger partial charge in [0.2, 0.25) is 0 Å². The molecule has 0 spiro atoms. The molecule has 2 atom stereocenters. The number of hydrogen-bond donors (Lipinski definition) is 1. The third kappa shape index (κ3) is 3.80. The van der Waals surface area contributed by atoms with E-state index in [2.05, 4.69) is 22.1 Å². The van der Waals surface area contributed by atoms with Crippen LogP contribution in [0.25, 0.3) is 0 Å². The summed E-state index contributed by atoms with van der Waals surface area (Å²) in [6.07, 6.45) is 7.61. The Balaban J connectivity index is 1.72. The minimum atomic E-state index is -0.247. The SMILES string of the molecule is CCC(c1ccc(F)cn1)N(CC1CCCNC1)C1CC1. The number of hydrogen-bond acceptors (Lipinski definition) is 3. The molecule has 2 aliphatic rings. The van der Waals surface area contributed by atoms with Gasteiger partial charge >= 0.3 is 0 Å². The van der Waals surface area contributed by atoms with Crippen LogP contribution in [0.3, 0.4) is 0 Å². The molecule has 3 rings (SSSR count). The number of aromatic nitrogens is 1. The van der Waals surface area contributed by atoms with Crippen LogP contribution < -0.4 is 5.32 Å². The Morgan fingerprint density at radius 1 is 1.38 bits per heavy atom. The molecule has 0 radical (unpaired) electrons. The van der Waals surface area contributed by atoms with Gasteiger partial charge in [0, 0.05) is 12.6 Å². The normalized spacial score (nSPS) is 24.2. The maximum atomic E-state index is 13.1. The fourth-order valence-electron chi connectivity index (χ4n) is 3.51. The van der Waals surface area contributed by atoms with Gasteiger partial charge in [-0.05, 0) is 63.2 Å². The van der Waals surface area contributed by atoms with E-state index in [4.69, 9.17) is 0 Å². The number of piperidine rings is 1. The predicted molar refractivity (Wildman–Crippen MR) is 82.5 cm³/mol. The Kier molecular flexibility index (Phi) is 4.86. The second-order valence-electron chi connectivity index (χ2n) is 6.47. The monoisotopic (exact) mass is 291 g/mol. The molecule has 3 nitrogen and oxygen atoms in total. The number of rotatable bonds is 6. The molecule has 1 N–H and O–H groups in total. The van der Waals surface area contributed by atoms with Crippen LogP contribution in [0, 0.1) is 11.7 Å². The largest absolute Gasteiger partial charge is 0.316 e. The van der Waals surface area contributed by atoms with Crippen LogP contribution in [-0.4, -0.2) is 35.6 Å². The third-order valence-electron chi connectivity index (χ3n) is 4.76. The van der Waals surface area contributed by atoms with Crippen molar-refractivity contribution in [3.8, 4) is 0 Å². The summed E-state index contributed by atoms with van der Waals surface area (Å²) in [6, 6.07) is 4.44. The lowest BCUT2D eigenvalue weighted by molar-refractivity contribution is 0.138. The quantitative estimate of drug-likeness (QED) is 0.873. The molecule has 1 saturated heterocycles. The average molecular weight is 291 g/mol. The molecule has 1 saturated carbocycles. The molecule has 116 valence electrons. The highest BCUT2D eigenvalue weighted by molar-refractivity contribution is 5.11. The first-order valence-electron chi connectivity index (χ1n) is 8.36. The van der Waals surface area contributed by atoms with E-state index in [1.165, 1.54) is 37.9 Å². The molecule has 0 aromatic carbocycles. The van der Waals surface area contributed by atoms with Crippen molar-refractivity contribution in [3.05, 3.63) is 29.8 Å². The fourth-order valence-corrected chi connectivity index (χ4v) is 3.51. The highest BCUT2D eigenvalue weighted by atomic mass is 19.1. The lowest BCUT2D eigenvalue weighted by Gasteiger charge is -2.35. The van der Waals surface area contributed by atoms with E-state index >= 15 is 0 Å². The van der Waals surface area contributed by atoms with Crippen molar-refractivity contribution in [3.63, 3.8) is 0 Å². The van der Waals surface area contributed by atoms with Crippen molar-refractivity contribution in [1.82, 2.24) is 15.2 Å². The maximum absolute atomic E-state index is 13.1. The minimum absolute atomic E-state index is 0.247. The van der Waals surface area contributed by atoms with Gasteiger partial charge in [0.1, 0.15) is 5.82 Å². The standard InChI is InChI=1S/C17H26FN3/c1-2-17(16-8-5-14(18)11-20-16)21(15-6-7-15)12-13-4-3-9-19-10-13/h5,8,11,13,15,17,19H,2-4,6-7,9-10,12H2,1H3. The van der Waals surface area contributed by atoms with Crippen molar-refractivity contribution in [1.29, 1.82) is 0 Å². The van der Waals surface area contributed by atoms with Crippen LogP contribution in [0.1, 0.15) is 50.8 Å². The molecule has 2 unspecified atom stereocenters. The smallest absolute Gasteiger partial charge is 0.141 e. The Morgan fingerprint density at radius 2 is 2.24 bits per heavy atom. The van der Waals surface area contributed by atoms with Gasteiger partial charge in [0.25, 0.3) is 0 Å². The molecule has 21 heavy (non-hydrogen) atoms. The van der Waals surface area contributed by atoms with E-state index in [0.29, 0.717) is 12.1 Å². The van der Waals surface area contributed by atoms with Crippen LogP contribution in [0.4, 0.5) is 4.39 Å². The Hall–Kier alpha value is -1.00. The van der Waals surface area contributed by atoms with Gasteiger partial charge in [0.15, 0.2) is 0 Å². The summed E-state index contributed by atoms with van der Waals surface area (Å²) in [6.45, 7) is 5.66. The number of pyridine rings is 1. The number of nitrogens with one attached hydrogen (secondary N) is 1. The molecule has 2 fully saturated rings. The summed E-state index contributed by atoms with van der Waals surface area (Å²) in [4.78, 5) is 6.98. The van der Waals surface area contributed by atoms with Crippen molar-refractivity contribution < 1.29 is 4.39 Å². The van der Waals surface area contributed by atoms with Crippen molar-refractivity contribution in [2.75, 3.05) is 19.6 Å². The van der Waals surface area contributed by atoms with Crippen molar-refractivity contribution in [2.24, 2.45) is 5.92 Å². The third-order valence-corrected chi connectivity index (χ3v) is 4.76.